The van der Waals surface area contributed by atoms with Crippen molar-refractivity contribution in [1.82, 2.24) is 20.4 Å². The molecule has 8 heteroatoms. The van der Waals surface area contributed by atoms with Crippen LogP contribution in [0, 0.1) is 5.41 Å². The van der Waals surface area contributed by atoms with E-state index in [9.17, 15) is 9.59 Å². The lowest BCUT2D eigenvalue weighted by atomic mass is 9.93. The summed E-state index contributed by atoms with van der Waals surface area (Å²) >= 11 is 5.95. The van der Waals surface area contributed by atoms with E-state index in [-0.39, 0.29) is 17.6 Å². The highest BCUT2D eigenvalue weighted by atomic mass is 35.5. The lowest BCUT2D eigenvalue weighted by molar-refractivity contribution is -0.134. The second-order valence-corrected chi connectivity index (χ2v) is 7.89. The number of hydrogen-bond donors (Lipinski definition) is 1. The van der Waals surface area contributed by atoms with Gasteiger partial charge in [0.25, 0.3) is 17.6 Å². The van der Waals surface area contributed by atoms with Crippen LogP contribution < -0.4 is 5.32 Å². The second kappa shape index (κ2) is 6.96. The molecule has 0 unspecified atom stereocenters. The summed E-state index contributed by atoms with van der Waals surface area (Å²) in [5.41, 5.74) is 1.13. The van der Waals surface area contributed by atoms with Gasteiger partial charge in [0.05, 0.1) is 0 Å². The first kappa shape index (κ1) is 18.0. The number of amides is 2. The summed E-state index contributed by atoms with van der Waals surface area (Å²) in [5, 5.41) is 6.91. The van der Waals surface area contributed by atoms with Crippen LogP contribution in [0.3, 0.4) is 0 Å². The van der Waals surface area contributed by atoms with E-state index in [4.69, 9.17) is 16.1 Å². The van der Waals surface area contributed by atoms with E-state index in [1.165, 1.54) is 12.8 Å². The van der Waals surface area contributed by atoms with Crippen molar-refractivity contribution in [3.8, 4) is 11.5 Å². The molecule has 4 rings (SSSR count). The van der Waals surface area contributed by atoms with Crippen LogP contribution in [0.5, 0.6) is 0 Å². The minimum Gasteiger partial charge on any atom is -0.341 e. The Labute approximate surface area is 162 Å². The van der Waals surface area contributed by atoms with Crippen LogP contribution in [-0.2, 0) is 4.79 Å². The highest BCUT2D eigenvalue weighted by Gasteiger charge is 2.45. The van der Waals surface area contributed by atoms with Crippen LogP contribution in [0.4, 0.5) is 0 Å². The molecule has 2 amide bonds. The summed E-state index contributed by atoms with van der Waals surface area (Å²) in [6.07, 6.45) is 4.70. The predicted molar refractivity (Wildman–Crippen MR) is 99.2 cm³/mol. The van der Waals surface area contributed by atoms with E-state index in [0.717, 1.165) is 25.9 Å². The Morgan fingerprint density at radius 3 is 2.67 bits per heavy atom. The third-order valence-electron chi connectivity index (χ3n) is 5.51. The molecule has 1 saturated heterocycles. The first-order chi connectivity index (χ1) is 13.0. The molecule has 2 heterocycles. The zero-order chi connectivity index (χ0) is 19.0. The van der Waals surface area contributed by atoms with Crippen molar-refractivity contribution in [3.63, 3.8) is 0 Å². The zero-order valence-corrected chi connectivity index (χ0v) is 15.8. The smallest absolute Gasteiger partial charge is 0.293 e. The minimum atomic E-state index is -0.640. The fourth-order valence-corrected chi connectivity index (χ4v) is 3.72. The molecule has 1 aliphatic heterocycles. The average molecular weight is 389 g/mol. The second-order valence-electron chi connectivity index (χ2n) is 7.45. The maximum atomic E-state index is 12.6. The van der Waals surface area contributed by atoms with E-state index in [1.807, 2.05) is 4.90 Å². The van der Waals surface area contributed by atoms with E-state index in [0.29, 0.717) is 16.0 Å². The molecule has 2 fully saturated rings. The molecule has 1 aromatic carbocycles. The Morgan fingerprint density at radius 2 is 2.00 bits per heavy atom. The third kappa shape index (κ3) is 3.83. The number of rotatable bonds is 4. The molecule has 1 aliphatic carbocycles. The van der Waals surface area contributed by atoms with Crippen molar-refractivity contribution in [3.05, 3.63) is 35.1 Å². The van der Waals surface area contributed by atoms with Gasteiger partial charge in [0, 0.05) is 23.7 Å². The molecule has 142 valence electrons. The molecule has 1 aromatic heterocycles. The Morgan fingerprint density at radius 1 is 1.26 bits per heavy atom. The van der Waals surface area contributed by atoms with Crippen molar-refractivity contribution in [1.29, 1.82) is 0 Å². The van der Waals surface area contributed by atoms with Crippen LogP contribution in [0.25, 0.3) is 11.5 Å². The fourth-order valence-electron chi connectivity index (χ4n) is 3.53. The van der Waals surface area contributed by atoms with Gasteiger partial charge in [0.1, 0.15) is 6.04 Å². The minimum absolute atomic E-state index is 0.0718. The highest BCUT2D eigenvalue weighted by Crippen LogP contribution is 2.53. The summed E-state index contributed by atoms with van der Waals surface area (Å²) in [6, 6.07) is 6.28. The molecule has 27 heavy (non-hydrogen) atoms. The summed E-state index contributed by atoms with van der Waals surface area (Å²) < 4.78 is 5.14. The van der Waals surface area contributed by atoms with Crippen molar-refractivity contribution >= 4 is 23.4 Å². The summed E-state index contributed by atoms with van der Waals surface area (Å²) in [5.74, 6) is -0.520. The van der Waals surface area contributed by atoms with Crippen LogP contribution in [-0.4, -0.2) is 46.0 Å². The number of carbonyl (C=O) groups excluding carboxylic acids is 2. The first-order valence-electron chi connectivity index (χ1n) is 9.15. The van der Waals surface area contributed by atoms with Crippen molar-refractivity contribution < 1.29 is 14.1 Å². The van der Waals surface area contributed by atoms with Gasteiger partial charge in [-0.05, 0) is 56.2 Å². The molecule has 2 aliphatic rings. The van der Waals surface area contributed by atoms with Gasteiger partial charge in [-0.15, -0.1) is 0 Å². The largest absolute Gasteiger partial charge is 0.341 e. The molecule has 0 bridgehead atoms. The number of nitrogens with zero attached hydrogens (tertiary/aromatic N) is 3. The molecular formula is C19H21ClN4O3. The van der Waals surface area contributed by atoms with Gasteiger partial charge < -0.3 is 14.7 Å². The van der Waals surface area contributed by atoms with Crippen LogP contribution >= 0.6 is 11.6 Å². The number of hydrogen-bond acceptors (Lipinski definition) is 5. The monoisotopic (exact) mass is 388 g/mol. The normalized spacial score (nSPS) is 19.0. The standard InChI is InChI=1S/C19H21ClN4O3/c1-12(18(26)24-9-7-19(5-6-19)8-10-24)21-16(25)15-22-17(27-23-15)13-3-2-4-14(20)11-13/h2-4,11-12H,5-10H2,1H3,(H,21,25)/t12-/m0/s1. The third-order valence-corrected chi connectivity index (χ3v) is 5.75. The Balaban J connectivity index is 1.36. The maximum Gasteiger partial charge on any atom is 0.293 e. The number of carbonyl (C=O) groups is 2. The Kier molecular flexibility index (Phi) is 4.63. The van der Waals surface area contributed by atoms with E-state index in [1.54, 1.807) is 31.2 Å². The van der Waals surface area contributed by atoms with Gasteiger partial charge in [-0.2, -0.15) is 4.98 Å². The zero-order valence-electron chi connectivity index (χ0n) is 15.1. The maximum absolute atomic E-state index is 12.6. The Bertz CT molecular complexity index is 867. The quantitative estimate of drug-likeness (QED) is 0.869. The predicted octanol–water partition coefficient (Wildman–Crippen LogP) is 2.91. The summed E-state index contributed by atoms with van der Waals surface area (Å²) in [6.45, 7) is 3.21. The molecular weight excluding hydrogens is 368 g/mol. The van der Waals surface area contributed by atoms with Gasteiger partial charge in [0.15, 0.2) is 0 Å². The van der Waals surface area contributed by atoms with Gasteiger partial charge in [-0.3, -0.25) is 9.59 Å². The van der Waals surface area contributed by atoms with Crippen molar-refractivity contribution in [2.45, 2.75) is 38.6 Å². The molecule has 2 aromatic rings. The van der Waals surface area contributed by atoms with Gasteiger partial charge in [-0.1, -0.05) is 22.8 Å². The summed E-state index contributed by atoms with van der Waals surface area (Å²) in [4.78, 5) is 30.9. The Hall–Kier alpha value is -2.41. The molecule has 1 N–H and O–H groups in total. The SMILES string of the molecule is C[C@H](NC(=O)c1noc(-c2cccc(Cl)c2)n1)C(=O)N1CCC2(CC1)CC2. The van der Waals surface area contributed by atoms with Gasteiger partial charge in [-0.25, -0.2) is 0 Å². The molecule has 7 nitrogen and oxygen atoms in total. The molecule has 1 saturated carbocycles. The van der Waals surface area contributed by atoms with Gasteiger partial charge >= 0.3 is 0 Å². The van der Waals surface area contributed by atoms with Gasteiger partial charge in [0.2, 0.25) is 5.91 Å². The first-order valence-corrected chi connectivity index (χ1v) is 9.53. The van der Waals surface area contributed by atoms with Crippen LogP contribution in [0.1, 0.15) is 43.2 Å². The molecule has 1 spiro atoms. The number of aromatic nitrogens is 2. The molecule has 0 radical (unpaired) electrons. The van der Waals surface area contributed by atoms with E-state index < -0.39 is 11.9 Å². The van der Waals surface area contributed by atoms with E-state index in [2.05, 4.69) is 15.5 Å². The average Bonchev–Trinajstić information content (AvgIpc) is 3.22. The highest BCUT2D eigenvalue weighted by molar-refractivity contribution is 6.30. The lowest BCUT2D eigenvalue weighted by Gasteiger charge is -2.33. The number of nitrogens with one attached hydrogen (secondary N) is 1. The topological polar surface area (TPSA) is 88.3 Å². The number of likely N-dealkylation sites (tertiary alicyclic amines) is 1. The van der Waals surface area contributed by atoms with Crippen LogP contribution in [0.2, 0.25) is 5.02 Å². The number of benzene rings is 1. The van der Waals surface area contributed by atoms with E-state index >= 15 is 0 Å². The van der Waals surface area contributed by atoms with Crippen molar-refractivity contribution in [2.75, 3.05) is 13.1 Å². The number of piperidine rings is 1. The van der Waals surface area contributed by atoms with Crippen LogP contribution in [0.15, 0.2) is 28.8 Å². The fraction of sp³-hybridized carbons (Fsp3) is 0.474. The summed E-state index contributed by atoms with van der Waals surface area (Å²) in [7, 11) is 0. The lowest BCUT2D eigenvalue weighted by Crippen LogP contribution is -2.49. The van der Waals surface area contributed by atoms with Crippen molar-refractivity contribution in [2.24, 2.45) is 5.41 Å². The number of halogens is 1. The molecule has 1 atom stereocenters.